The number of hydrogen-bond acceptors (Lipinski definition) is 4. The summed E-state index contributed by atoms with van der Waals surface area (Å²) in [5.74, 6) is 5.00. The lowest BCUT2D eigenvalue weighted by Gasteiger charge is -2.10. The number of carbonyl (C=O) groups excluding carboxylic acids is 1. The van der Waals surface area contributed by atoms with E-state index in [-0.39, 0.29) is 5.91 Å². The summed E-state index contributed by atoms with van der Waals surface area (Å²) in [6, 6.07) is 6.80. The topological polar surface area (TPSA) is 80.0 Å². The molecule has 5 nitrogen and oxygen atoms in total. The number of nitrogens with zero attached hydrogens (tertiary/aromatic N) is 1. The van der Waals surface area contributed by atoms with E-state index < -0.39 is 0 Å². The molecule has 0 unspecified atom stereocenters. The zero-order valence-electron chi connectivity index (χ0n) is 9.65. The summed E-state index contributed by atoms with van der Waals surface area (Å²) in [6.07, 6.45) is 2.97. The monoisotopic (exact) mass is 340 g/mol. The van der Waals surface area contributed by atoms with E-state index in [4.69, 9.17) is 17.4 Å². The highest BCUT2D eigenvalue weighted by Crippen LogP contribution is 2.26. The van der Waals surface area contributed by atoms with Gasteiger partial charge in [0.05, 0.1) is 22.0 Å². The minimum atomic E-state index is -0.346. The van der Waals surface area contributed by atoms with Crippen LogP contribution in [0.3, 0.4) is 0 Å². The van der Waals surface area contributed by atoms with E-state index in [0.717, 1.165) is 4.47 Å². The lowest BCUT2D eigenvalue weighted by Crippen LogP contribution is -2.17. The molecule has 7 heteroatoms. The number of benzene rings is 1. The minimum absolute atomic E-state index is 0.334. The molecule has 1 heterocycles. The van der Waals surface area contributed by atoms with Gasteiger partial charge in [0.25, 0.3) is 5.91 Å². The molecule has 0 fully saturated rings. The Morgan fingerprint density at radius 1 is 1.32 bits per heavy atom. The van der Waals surface area contributed by atoms with E-state index in [0.29, 0.717) is 22.0 Å². The molecule has 4 N–H and O–H groups in total. The molecule has 0 aliphatic heterocycles. The van der Waals surface area contributed by atoms with Gasteiger partial charge >= 0.3 is 0 Å². The number of anilines is 2. The second kappa shape index (κ2) is 6.01. The van der Waals surface area contributed by atoms with Crippen LogP contribution in [0, 0.1) is 0 Å². The van der Waals surface area contributed by atoms with Crippen molar-refractivity contribution in [3.63, 3.8) is 0 Å². The smallest absolute Gasteiger partial charge is 0.259 e. The number of rotatable bonds is 3. The van der Waals surface area contributed by atoms with Crippen molar-refractivity contribution in [3.05, 3.63) is 51.7 Å². The van der Waals surface area contributed by atoms with Crippen LogP contribution in [0.5, 0.6) is 0 Å². The van der Waals surface area contributed by atoms with Gasteiger partial charge in [0, 0.05) is 16.9 Å². The highest BCUT2D eigenvalue weighted by Gasteiger charge is 2.12. The van der Waals surface area contributed by atoms with Crippen molar-refractivity contribution in [3.8, 4) is 0 Å². The van der Waals surface area contributed by atoms with E-state index in [1.807, 2.05) is 0 Å². The molecule has 0 bridgehead atoms. The first-order valence-electron chi connectivity index (χ1n) is 5.29. The summed E-state index contributed by atoms with van der Waals surface area (Å²) >= 11 is 9.33. The Hall–Kier alpha value is -1.63. The SMILES string of the molecule is NNc1ccncc1C(=O)Nc1cc(Br)ccc1Cl. The van der Waals surface area contributed by atoms with Gasteiger partial charge in [-0.25, -0.2) is 0 Å². The predicted molar refractivity (Wildman–Crippen MR) is 79.2 cm³/mol. The number of aromatic nitrogens is 1. The van der Waals surface area contributed by atoms with Gasteiger partial charge in [-0.2, -0.15) is 0 Å². The number of hydrogen-bond donors (Lipinski definition) is 3. The second-order valence-electron chi connectivity index (χ2n) is 3.64. The Morgan fingerprint density at radius 3 is 2.84 bits per heavy atom. The summed E-state index contributed by atoms with van der Waals surface area (Å²) in [6.45, 7) is 0. The number of hydrazine groups is 1. The zero-order valence-corrected chi connectivity index (χ0v) is 12.0. The number of halogens is 2. The van der Waals surface area contributed by atoms with Crippen LogP contribution in [0.4, 0.5) is 11.4 Å². The van der Waals surface area contributed by atoms with Crippen molar-refractivity contribution >= 4 is 44.8 Å². The average molecular weight is 342 g/mol. The van der Waals surface area contributed by atoms with Crippen LogP contribution in [0.25, 0.3) is 0 Å². The molecule has 0 atom stereocenters. The summed E-state index contributed by atoms with van der Waals surface area (Å²) < 4.78 is 0.815. The molecule has 1 amide bonds. The molecule has 0 aliphatic rings. The quantitative estimate of drug-likeness (QED) is 0.592. The summed E-state index contributed by atoms with van der Waals surface area (Å²) in [5.41, 5.74) is 3.77. The normalized spacial score (nSPS) is 10.1. The number of amides is 1. The second-order valence-corrected chi connectivity index (χ2v) is 4.97. The third-order valence-electron chi connectivity index (χ3n) is 2.40. The van der Waals surface area contributed by atoms with Crippen LogP contribution < -0.4 is 16.6 Å². The maximum atomic E-state index is 12.1. The molecule has 1 aromatic heterocycles. The molecule has 2 aromatic rings. The number of carbonyl (C=O) groups is 1. The fourth-order valence-corrected chi connectivity index (χ4v) is 2.01. The first-order chi connectivity index (χ1) is 9.11. The number of nitrogens with two attached hydrogens (primary N) is 1. The van der Waals surface area contributed by atoms with Gasteiger partial charge in [0.2, 0.25) is 0 Å². The van der Waals surface area contributed by atoms with Crippen LogP contribution in [0.2, 0.25) is 5.02 Å². The van der Waals surface area contributed by atoms with Crippen molar-refractivity contribution in [2.75, 3.05) is 10.7 Å². The average Bonchev–Trinajstić information content (AvgIpc) is 2.42. The molecule has 0 saturated carbocycles. The van der Waals surface area contributed by atoms with Crippen molar-refractivity contribution < 1.29 is 4.79 Å². The Morgan fingerprint density at radius 2 is 2.11 bits per heavy atom. The molecule has 0 radical (unpaired) electrons. The molecule has 0 saturated heterocycles. The Bertz CT molecular complexity index is 620. The highest BCUT2D eigenvalue weighted by molar-refractivity contribution is 9.10. The molecule has 98 valence electrons. The maximum absolute atomic E-state index is 12.1. The van der Waals surface area contributed by atoms with Crippen LogP contribution in [0.1, 0.15) is 10.4 Å². The Kier molecular flexibility index (Phi) is 4.36. The van der Waals surface area contributed by atoms with Gasteiger partial charge in [0.1, 0.15) is 0 Å². The minimum Gasteiger partial charge on any atom is -0.323 e. The van der Waals surface area contributed by atoms with Crippen LogP contribution >= 0.6 is 27.5 Å². The molecule has 0 spiro atoms. The van der Waals surface area contributed by atoms with Gasteiger partial charge in [-0.15, -0.1) is 0 Å². The lowest BCUT2D eigenvalue weighted by atomic mass is 10.2. The summed E-state index contributed by atoms with van der Waals surface area (Å²) in [7, 11) is 0. The summed E-state index contributed by atoms with van der Waals surface area (Å²) in [4.78, 5) is 16.0. The van der Waals surface area contributed by atoms with Crippen molar-refractivity contribution in [2.45, 2.75) is 0 Å². The van der Waals surface area contributed by atoms with Gasteiger partial charge < -0.3 is 10.7 Å². The Labute approximate surface area is 123 Å². The first kappa shape index (κ1) is 13.8. The van der Waals surface area contributed by atoms with Gasteiger partial charge in [-0.05, 0) is 24.3 Å². The van der Waals surface area contributed by atoms with Crippen molar-refractivity contribution in [1.29, 1.82) is 0 Å². The largest absolute Gasteiger partial charge is 0.323 e. The fraction of sp³-hybridized carbons (Fsp3) is 0. The van der Waals surface area contributed by atoms with E-state index in [1.165, 1.54) is 12.4 Å². The van der Waals surface area contributed by atoms with Gasteiger partial charge in [0.15, 0.2) is 0 Å². The number of nitrogens with one attached hydrogen (secondary N) is 2. The highest BCUT2D eigenvalue weighted by atomic mass is 79.9. The molecule has 0 aliphatic carbocycles. The van der Waals surface area contributed by atoms with E-state index >= 15 is 0 Å². The molecule has 1 aromatic carbocycles. The van der Waals surface area contributed by atoms with E-state index in [2.05, 4.69) is 31.7 Å². The number of nitrogen functional groups attached to an aromatic ring is 1. The van der Waals surface area contributed by atoms with Crippen LogP contribution in [-0.2, 0) is 0 Å². The van der Waals surface area contributed by atoms with Crippen molar-refractivity contribution in [2.24, 2.45) is 5.84 Å². The lowest BCUT2D eigenvalue weighted by molar-refractivity contribution is 0.102. The molecular formula is C12H10BrClN4O. The third-order valence-corrected chi connectivity index (χ3v) is 3.22. The van der Waals surface area contributed by atoms with E-state index in [1.54, 1.807) is 24.3 Å². The Balaban J connectivity index is 2.28. The van der Waals surface area contributed by atoms with Crippen LogP contribution in [-0.4, -0.2) is 10.9 Å². The number of pyridine rings is 1. The van der Waals surface area contributed by atoms with Gasteiger partial charge in [-0.3, -0.25) is 15.6 Å². The summed E-state index contributed by atoms with van der Waals surface area (Å²) in [5, 5.41) is 3.15. The third kappa shape index (κ3) is 3.23. The van der Waals surface area contributed by atoms with Crippen molar-refractivity contribution in [1.82, 2.24) is 4.98 Å². The molecule has 19 heavy (non-hydrogen) atoms. The first-order valence-corrected chi connectivity index (χ1v) is 6.46. The van der Waals surface area contributed by atoms with Crippen LogP contribution in [0.15, 0.2) is 41.1 Å². The maximum Gasteiger partial charge on any atom is 0.259 e. The van der Waals surface area contributed by atoms with E-state index in [9.17, 15) is 4.79 Å². The zero-order chi connectivity index (χ0) is 13.8. The van der Waals surface area contributed by atoms with Gasteiger partial charge in [-0.1, -0.05) is 27.5 Å². The predicted octanol–water partition coefficient (Wildman–Crippen LogP) is 3.04. The molecule has 2 rings (SSSR count). The standard InChI is InChI=1S/C12H10BrClN4O/c13-7-1-2-9(14)11(5-7)17-12(19)8-6-16-4-3-10(8)18-15/h1-6H,15H2,(H,16,18)(H,17,19). The fourth-order valence-electron chi connectivity index (χ4n) is 1.48. The molecular weight excluding hydrogens is 332 g/mol.